The van der Waals surface area contributed by atoms with Crippen molar-refractivity contribution >= 4 is 27.5 Å². The number of fused-ring (bicyclic) bond motifs is 1. The molecular weight excluding hydrogens is 394 g/mol. The zero-order valence-electron chi connectivity index (χ0n) is 14.7. The Morgan fingerprint density at radius 2 is 2.19 bits per heavy atom. The van der Waals surface area contributed by atoms with Gasteiger partial charge in [-0.1, -0.05) is 11.6 Å². The van der Waals surface area contributed by atoms with Crippen molar-refractivity contribution in [2.24, 2.45) is 0 Å². The maximum atomic E-state index is 12.5. The molecule has 1 aliphatic rings. The number of methoxy groups -OCH3 is 1. The number of sulfonamides is 1. The summed E-state index contributed by atoms with van der Waals surface area (Å²) < 4.78 is 33.8. The van der Waals surface area contributed by atoms with Gasteiger partial charge in [-0.3, -0.25) is 4.79 Å². The van der Waals surface area contributed by atoms with Gasteiger partial charge in [-0.05, 0) is 24.6 Å². The molecule has 27 heavy (non-hydrogen) atoms. The molecule has 0 saturated heterocycles. The van der Waals surface area contributed by atoms with Gasteiger partial charge in [-0.15, -0.1) is 10.2 Å². The molecule has 0 unspecified atom stereocenters. The van der Waals surface area contributed by atoms with E-state index < -0.39 is 15.9 Å². The monoisotopic (exact) mass is 413 g/mol. The second kappa shape index (κ2) is 8.34. The van der Waals surface area contributed by atoms with Crippen molar-refractivity contribution in [2.45, 2.75) is 30.8 Å². The fourth-order valence-corrected chi connectivity index (χ4v) is 4.05. The summed E-state index contributed by atoms with van der Waals surface area (Å²) in [5.41, 5.74) is 0.0763. The van der Waals surface area contributed by atoms with Gasteiger partial charge in [-0.2, -0.15) is 0 Å². The number of carbonyl (C=O) groups is 1. The van der Waals surface area contributed by atoms with E-state index in [9.17, 15) is 13.2 Å². The first-order valence-electron chi connectivity index (χ1n) is 8.39. The Hall–Kier alpha value is -2.01. The Kier molecular flexibility index (Phi) is 6.10. The van der Waals surface area contributed by atoms with Crippen LogP contribution in [0.15, 0.2) is 23.1 Å². The second-order valence-electron chi connectivity index (χ2n) is 6.00. The molecule has 0 bridgehead atoms. The lowest BCUT2D eigenvalue weighted by Crippen LogP contribution is -2.28. The molecular formula is C16H20ClN5O4S. The van der Waals surface area contributed by atoms with Crippen LogP contribution in [0.2, 0.25) is 5.02 Å². The van der Waals surface area contributed by atoms with Crippen molar-refractivity contribution in [3.63, 3.8) is 0 Å². The molecule has 0 atom stereocenters. The summed E-state index contributed by atoms with van der Waals surface area (Å²) in [4.78, 5) is 12.5. The summed E-state index contributed by atoms with van der Waals surface area (Å²) in [7, 11) is -2.29. The van der Waals surface area contributed by atoms with E-state index in [0.717, 1.165) is 25.2 Å². The minimum absolute atomic E-state index is 0.0449. The molecule has 2 heterocycles. The fourth-order valence-electron chi connectivity index (χ4n) is 2.80. The van der Waals surface area contributed by atoms with Crippen LogP contribution in [0, 0.1) is 0 Å². The molecule has 0 radical (unpaired) electrons. The number of amides is 1. The van der Waals surface area contributed by atoms with E-state index in [1.807, 2.05) is 4.57 Å². The van der Waals surface area contributed by atoms with Gasteiger partial charge in [0.15, 0.2) is 5.82 Å². The van der Waals surface area contributed by atoms with Crippen molar-refractivity contribution < 1.29 is 17.9 Å². The Labute approximate surface area is 162 Å². The average molecular weight is 414 g/mol. The number of ether oxygens (including phenoxy) is 1. The second-order valence-corrected chi connectivity index (χ2v) is 8.18. The minimum atomic E-state index is -3.77. The SMILES string of the molecule is COCCNS(=O)(=O)c1ccc(Cl)c(C(=O)NCc2nnc3n2CCC3)c1. The van der Waals surface area contributed by atoms with Gasteiger partial charge in [0.2, 0.25) is 10.0 Å². The van der Waals surface area contributed by atoms with E-state index >= 15 is 0 Å². The number of nitrogens with one attached hydrogen (secondary N) is 2. The number of aryl methyl sites for hydroxylation is 1. The first-order valence-corrected chi connectivity index (χ1v) is 10.3. The van der Waals surface area contributed by atoms with Crippen LogP contribution in [-0.4, -0.2) is 49.4 Å². The number of hydrogen-bond acceptors (Lipinski definition) is 6. The van der Waals surface area contributed by atoms with Gasteiger partial charge >= 0.3 is 0 Å². The molecule has 2 aromatic rings. The number of hydrogen-bond donors (Lipinski definition) is 2. The van der Waals surface area contributed by atoms with Gasteiger partial charge in [-0.25, -0.2) is 13.1 Å². The molecule has 146 valence electrons. The van der Waals surface area contributed by atoms with Crippen LogP contribution in [0.4, 0.5) is 0 Å². The summed E-state index contributed by atoms with van der Waals surface area (Å²) in [5.74, 6) is 1.09. The molecule has 1 aromatic carbocycles. The third-order valence-corrected chi connectivity index (χ3v) is 5.97. The molecule has 11 heteroatoms. The van der Waals surface area contributed by atoms with Crippen molar-refractivity contribution in [1.29, 1.82) is 0 Å². The highest BCUT2D eigenvalue weighted by Gasteiger charge is 2.20. The molecule has 1 aromatic heterocycles. The summed E-state index contributed by atoms with van der Waals surface area (Å²) in [6.45, 7) is 1.38. The van der Waals surface area contributed by atoms with Gasteiger partial charge < -0.3 is 14.6 Å². The summed E-state index contributed by atoms with van der Waals surface area (Å²) >= 11 is 6.09. The van der Waals surface area contributed by atoms with E-state index in [1.54, 1.807) is 0 Å². The molecule has 1 aliphatic heterocycles. The molecule has 0 saturated carbocycles. The Bertz CT molecular complexity index is 944. The molecule has 1 amide bonds. The number of carbonyl (C=O) groups excluding carboxylic acids is 1. The van der Waals surface area contributed by atoms with Crippen LogP contribution in [0.5, 0.6) is 0 Å². The molecule has 2 N–H and O–H groups in total. The Balaban J connectivity index is 1.72. The van der Waals surface area contributed by atoms with Crippen molar-refractivity contribution in [1.82, 2.24) is 24.8 Å². The Morgan fingerprint density at radius 3 is 2.96 bits per heavy atom. The third kappa shape index (κ3) is 4.46. The van der Waals surface area contributed by atoms with Crippen LogP contribution in [-0.2, 0) is 34.3 Å². The number of benzene rings is 1. The average Bonchev–Trinajstić information content (AvgIpc) is 3.24. The zero-order valence-corrected chi connectivity index (χ0v) is 16.3. The highest BCUT2D eigenvalue weighted by Crippen LogP contribution is 2.21. The highest BCUT2D eigenvalue weighted by atomic mass is 35.5. The van der Waals surface area contributed by atoms with Crippen LogP contribution in [0.25, 0.3) is 0 Å². The van der Waals surface area contributed by atoms with Crippen LogP contribution in [0.1, 0.15) is 28.4 Å². The number of nitrogens with zero attached hydrogens (tertiary/aromatic N) is 3. The maximum Gasteiger partial charge on any atom is 0.253 e. The molecule has 0 spiro atoms. The van der Waals surface area contributed by atoms with Crippen LogP contribution in [0.3, 0.4) is 0 Å². The highest BCUT2D eigenvalue weighted by molar-refractivity contribution is 7.89. The predicted octanol–water partition coefficient (Wildman–Crippen LogP) is 0.732. The van der Waals surface area contributed by atoms with Gasteiger partial charge in [0, 0.05) is 26.6 Å². The van der Waals surface area contributed by atoms with E-state index in [-0.39, 0.29) is 35.2 Å². The largest absolute Gasteiger partial charge is 0.383 e. The first-order chi connectivity index (χ1) is 12.9. The Morgan fingerprint density at radius 1 is 1.37 bits per heavy atom. The number of aromatic nitrogens is 3. The van der Waals surface area contributed by atoms with E-state index in [1.165, 1.54) is 25.3 Å². The lowest BCUT2D eigenvalue weighted by Gasteiger charge is -2.10. The lowest BCUT2D eigenvalue weighted by atomic mass is 10.2. The number of rotatable bonds is 8. The quantitative estimate of drug-likeness (QED) is 0.616. The smallest absolute Gasteiger partial charge is 0.253 e. The summed E-state index contributed by atoms with van der Waals surface area (Å²) in [6.07, 6.45) is 1.89. The maximum absolute atomic E-state index is 12.5. The normalized spacial score (nSPS) is 13.6. The molecule has 0 aliphatic carbocycles. The number of halogens is 1. The molecule has 0 fully saturated rings. The predicted molar refractivity (Wildman–Crippen MR) is 98.0 cm³/mol. The topological polar surface area (TPSA) is 115 Å². The van der Waals surface area contributed by atoms with E-state index in [4.69, 9.17) is 16.3 Å². The van der Waals surface area contributed by atoms with Crippen molar-refractivity contribution in [3.8, 4) is 0 Å². The fraction of sp³-hybridized carbons (Fsp3) is 0.438. The lowest BCUT2D eigenvalue weighted by molar-refractivity contribution is 0.0949. The standard InChI is InChI=1S/C16H20ClN5O4S/c1-26-8-6-19-27(24,25)11-4-5-13(17)12(9-11)16(23)18-10-15-21-20-14-3-2-7-22(14)15/h4-5,9,19H,2-3,6-8,10H2,1H3,(H,18,23). The minimum Gasteiger partial charge on any atom is -0.383 e. The van der Waals surface area contributed by atoms with Gasteiger partial charge in [0.05, 0.1) is 28.6 Å². The van der Waals surface area contributed by atoms with Crippen molar-refractivity contribution in [3.05, 3.63) is 40.4 Å². The zero-order chi connectivity index (χ0) is 19.4. The molecule has 9 nitrogen and oxygen atoms in total. The third-order valence-electron chi connectivity index (χ3n) is 4.18. The van der Waals surface area contributed by atoms with Crippen LogP contribution >= 0.6 is 11.6 Å². The van der Waals surface area contributed by atoms with Crippen LogP contribution < -0.4 is 10.0 Å². The van der Waals surface area contributed by atoms with Crippen molar-refractivity contribution in [2.75, 3.05) is 20.3 Å². The van der Waals surface area contributed by atoms with E-state index in [2.05, 4.69) is 20.2 Å². The van der Waals surface area contributed by atoms with Gasteiger partial charge in [0.1, 0.15) is 5.82 Å². The molecule has 3 rings (SSSR count). The summed E-state index contributed by atoms with van der Waals surface area (Å²) in [5, 5.41) is 11.0. The van der Waals surface area contributed by atoms with E-state index in [0.29, 0.717) is 5.82 Å². The van der Waals surface area contributed by atoms with Gasteiger partial charge in [0.25, 0.3) is 5.91 Å². The summed E-state index contributed by atoms with van der Waals surface area (Å²) in [6, 6.07) is 3.98. The first kappa shape index (κ1) is 19.7.